The fraction of sp³-hybridized carbons (Fsp3) is 0.357. The SMILES string of the molecule is C=CCN(CCC)S(=O)(=O)c1ccc(CC#N)cc1. The fourth-order valence-electron chi connectivity index (χ4n) is 1.72. The second kappa shape index (κ2) is 7.07. The fourth-order valence-corrected chi connectivity index (χ4v) is 3.23. The van der Waals surface area contributed by atoms with E-state index in [4.69, 9.17) is 5.26 Å². The van der Waals surface area contributed by atoms with Gasteiger partial charge in [-0.15, -0.1) is 6.58 Å². The molecule has 0 bridgehead atoms. The van der Waals surface area contributed by atoms with Gasteiger partial charge in [0.15, 0.2) is 0 Å². The zero-order chi connectivity index (χ0) is 14.3. The first-order valence-electron chi connectivity index (χ1n) is 6.13. The van der Waals surface area contributed by atoms with Crippen LogP contribution in [0.1, 0.15) is 18.9 Å². The van der Waals surface area contributed by atoms with Gasteiger partial charge in [0.25, 0.3) is 0 Å². The molecule has 0 spiro atoms. The van der Waals surface area contributed by atoms with Crippen LogP contribution in [-0.2, 0) is 16.4 Å². The topological polar surface area (TPSA) is 61.2 Å². The van der Waals surface area contributed by atoms with Crippen LogP contribution in [0.5, 0.6) is 0 Å². The van der Waals surface area contributed by atoms with E-state index in [9.17, 15) is 8.42 Å². The monoisotopic (exact) mass is 278 g/mol. The van der Waals surface area contributed by atoms with Crippen molar-refractivity contribution in [1.82, 2.24) is 4.31 Å². The van der Waals surface area contributed by atoms with Crippen molar-refractivity contribution in [3.8, 4) is 6.07 Å². The van der Waals surface area contributed by atoms with Crippen molar-refractivity contribution in [2.45, 2.75) is 24.7 Å². The van der Waals surface area contributed by atoms with Crippen molar-refractivity contribution in [3.63, 3.8) is 0 Å². The van der Waals surface area contributed by atoms with E-state index in [-0.39, 0.29) is 11.3 Å². The molecule has 1 aromatic rings. The van der Waals surface area contributed by atoms with Crippen LogP contribution >= 0.6 is 0 Å². The second-order valence-electron chi connectivity index (χ2n) is 4.13. The van der Waals surface area contributed by atoms with Gasteiger partial charge in [-0.3, -0.25) is 0 Å². The van der Waals surface area contributed by atoms with Crippen molar-refractivity contribution in [1.29, 1.82) is 5.26 Å². The van der Waals surface area contributed by atoms with Crippen molar-refractivity contribution < 1.29 is 8.42 Å². The van der Waals surface area contributed by atoms with E-state index in [0.29, 0.717) is 13.1 Å². The van der Waals surface area contributed by atoms with Gasteiger partial charge in [-0.1, -0.05) is 25.1 Å². The summed E-state index contributed by atoms with van der Waals surface area (Å²) in [4.78, 5) is 0.254. The van der Waals surface area contributed by atoms with Crippen LogP contribution in [-0.4, -0.2) is 25.8 Å². The van der Waals surface area contributed by atoms with Crippen LogP contribution in [0, 0.1) is 11.3 Å². The summed E-state index contributed by atoms with van der Waals surface area (Å²) in [5.74, 6) is 0. The van der Waals surface area contributed by atoms with E-state index in [0.717, 1.165) is 12.0 Å². The number of benzene rings is 1. The first kappa shape index (κ1) is 15.4. The zero-order valence-corrected chi connectivity index (χ0v) is 11.9. The molecule has 0 amide bonds. The number of rotatable bonds is 7. The summed E-state index contributed by atoms with van der Waals surface area (Å²) < 4.78 is 26.2. The number of nitriles is 1. The molecule has 0 unspecified atom stereocenters. The lowest BCUT2D eigenvalue weighted by Crippen LogP contribution is -2.32. The third kappa shape index (κ3) is 3.91. The normalized spacial score (nSPS) is 11.2. The first-order valence-corrected chi connectivity index (χ1v) is 7.57. The average Bonchev–Trinajstić information content (AvgIpc) is 2.39. The first-order chi connectivity index (χ1) is 9.06. The Balaban J connectivity index is 3.04. The Hall–Kier alpha value is -1.64. The molecule has 0 saturated carbocycles. The molecule has 1 rings (SSSR count). The van der Waals surface area contributed by atoms with Crippen LogP contribution in [0.2, 0.25) is 0 Å². The summed E-state index contributed by atoms with van der Waals surface area (Å²) in [6, 6.07) is 8.48. The van der Waals surface area contributed by atoms with Crippen molar-refractivity contribution in [2.24, 2.45) is 0 Å². The molecular weight excluding hydrogens is 260 g/mol. The third-order valence-corrected chi connectivity index (χ3v) is 4.53. The smallest absolute Gasteiger partial charge is 0.207 e. The summed E-state index contributed by atoms with van der Waals surface area (Å²) in [6.45, 7) is 6.29. The summed E-state index contributed by atoms with van der Waals surface area (Å²) in [6.07, 6.45) is 2.61. The molecule has 102 valence electrons. The second-order valence-corrected chi connectivity index (χ2v) is 6.07. The van der Waals surface area contributed by atoms with Gasteiger partial charge in [0.05, 0.1) is 17.4 Å². The Morgan fingerprint density at radius 3 is 2.47 bits per heavy atom. The highest BCUT2D eigenvalue weighted by molar-refractivity contribution is 7.89. The molecule has 4 nitrogen and oxygen atoms in total. The van der Waals surface area contributed by atoms with E-state index in [1.54, 1.807) is 30.3 Å². The Morgan fingerprint density at radius 2 is 2.00 bits per heavy atom. The van der Waals surface area contributed by atoms with Gasteiger partial charge in [-0.25, -0.2) is 8.42 Å². The highest BCUT2D eigenvalue weighted by atomic mass is 32.2. The zero-order valence-electron chi connectivity index (χ0n) is 11.0. The number of sulfonamides is 1. The molecule has 0 aliphatic rings. The molecule has 0 aliphatic heterocycles. The molecule has 0 aromatic heterocycles. The minimum Gasteiger partial charge on any atom is -0.207 e. The van der Waals surface area contributed by atoms with Crippen LogP contribution in [0.15, 0.2) is 41.8 Å². The molecule has 0 saturated heterocycles. The van der Waals surface area contributed by atoms with E-state index in [2.05, 4.69) is 6.58 Å². The molecule has 0 fully saturated rings. The Morgan fingerprint density at radius 1 is 1.37 bits per heavy atom. The van der Waals surface area contributed by atoms with E-state index in [1.165, 1.54) is 4.31 Å². The Labute approximate surface area is 115 Å². The molecule has 1 aromatic carbocycles. The standard InChI is InChI=1S/C14H18N2O2S/c1-3-11-16(12-4-2)19(17,18)14-7-5-13(6-8-14)9-10-15/h3,5-8H,1,4,9,11-12H2,2H3. The van der Waals surface area contributed by atoms with E-state index < -0.39 is 10.0 Å². The predicted octanol–water partition coefficient (Wildman–Crippen LogP) is 2.34. The third-order valence-electron chi connectivity index (χ3n) is 2.65. The van der Waals surface area contributed by atoms with E-state index >= 15 is 0 Å². The molecular formula is C14H18N2O2S. The van der Waals surface area contributed by atoms with Gasteiger partial charge in [0.1, 0.15) is 0 Å². The highest BCUT2D eigenvalue weighted by Crippen LogP contribution is 2.17. The molecule has 5 heteroatoms. The molecule has 0 atom stereocenters. The lowest BCUT2D eigenvalue weighted by molar-refractivity contribution is 0.441. The van der Waals surface area contributed by atoms with Gasteiger partial charge in [-0.2, -0.15) is 9.57 Å². The number of nitrogens with zero attached hydrogens (tertiary/aromatic N) is 2. The molecule has 0 heterocycles. The number of hydrogen-bond donors (Lipinski definition) is 0. The maximum atomic E-state index is 12.4. The van der Waals surface area contributed by atoms with Gasteiger partial charge in [0, 0.05) is 13.1 Å². The van der Waals surface area contributed by atoms with Gasteiger partial charge < -0.3 is 0 Å². The average molecular weight is 278 g/mol. The van der Waals surface area contributed by atoms with Crippen molar-refractivity contribution in [3.05, 3.63) is 42.5 Å². The summed E-state index contributed by atoms with van der Waals surface area (Å²) in [5.41, 5.74) is 0.812. The van der Waals surface area contributed by atoms with Gasteiger partial charge in [-0.05, 0) is 24.1 Å². The van der Waals surface area contributed by atoms with Gasteiger partial charge in [0.2, 0.25) is 10.0 Å². The van der Waals surface area contributed by atoms with Crippen molar-refractivity contribution in [2.75, 3.05) is 13.1 Å². The van der Waals surface area contributed by atoms with E-state index in [1.807, 2.05) is 13.0 Å². The van der Waals surface area contributed by atoms with Crippen LogP contribution in [0.4, 0.5) is 0 Å². The maximum absolute atomic E-state index is 12.4. The molecule has 0 N–H and O–H groups in total. The molecule has 0 aliphatic carbocycles. The summed E-state index contributed by atoms with van der Waals surface area (Å²) >= 11 is 0. The lowest BCUT2D eigenvalue weighted by Gasteiger charge is -2.20. The van der Waals surface area contributed by atoms with Crippen molar-refractivity contribution >= 4 is 10.0 Å². The highest BCUT2D eigenvalue weighted by Gasteiger charge is 2.22. The Bertz CT molecular complexity index is 556. The Kier molecular flexibility index (Phi) is 5.74. The van der Waals surface area contributed by atoms with Crippen LogP contribution in [0.25, 0.3) is 0 Å². The van der Waals surface area contributed by atoms with Crippen LogP contribution < -0.4 is 0 Å². The molecule has 0 radical (unpaired) electrons. The van der Waals surface area contributed by atoms with Crippen LogP contribution in [0.3, 0.4) is 0 Å². The predicted molar refractivity (Wildman–Crippen MR) is 75.0 cm³/mol. The van der Waals surface area contributed by atoms with Gasteiger partial charge >= 0.3 is 0 Å². The molecule has 19 heavy (non-hydrogen) atoms. The quantitative estimate of drug-likeness (QED) is 0.719. The minimum absolute atomic E-state index is 0.254. The number of hydrogen-bond acceptors (Lipinski definition) is 3. The summed E-state index contributed by atoms with van der Waals surface area (Å²) in [5, 5.41) is 8.59. The maximum Gasteiger partial charge on any atom is 0.243 e. The lowest BCUT2D eigenvalue weighted by atomic mass is 10.2. The largest absolute Gasteiger partial charge is 0.243 e. The minimum atomic E-state index is -3.48. The summed E-state index contributed by atoms with van der Waals surface area (Å²) in [7, 11) is -3.48.